The second-order valence-electron chi connectivity index (χ2n) is 5.94. The van der Waals surface area contributed by atoms with E-state index in [1.807, 2.05) is 13.8 Å². The highest BCUT2D eigenvalue weighted by molar-refractivity contribution is 7.90. The Labute approximate surface area is 135 Å². The summed E-state index contributed by atoms with van der Waals surface area (Å²) in [7, 11) is -3.11. The second kappa shape index (κ2) is 5.90. The van der Waals surface area contributed by atoms with Crippen molar-refractivity contribution < 1.29 is 13.2 Å². The van der Waals surface area contributed by atoms with E-state index in [1.54, 1.807) is 20.5 Å². The van der Waals surface area contributed by atoms with Crippen LogP contribution in [0.5, 0.6) is 0 Å². The van der Waals surface area contributed by atoms with E-state index in [9.17, 15) is 13.2 Å². The topological polar surface area (TPSA) is 70.6 Å². The zero-order chi connectivity index (χ0) is 15.9. The molecule has 1 aromatic heterocycles. The van der Waals surface area contributed by atoms with Gasteiger partial charge in [0, 0.05) is 31.1 Å². The van der Waals surface area contributed by atoms with Gasteiger partial charge >= 0.3 is 0 Å². The van der Waals surface area contributed by atoms with Crippen LogP contribution in [0.25, 0.3) is 0 Å². The van der Waals surface area contributed by atoms with E-state index in [1.165, 1.54) is 0 Å². The first-order valence-electron chi connectivity index (χ1n) is 7.57. The SMILES string of the molecule is Cc1nc(C)c(CC(=O)N2CCN(S(=O)(=O)C3CC3)CC2)s1. The summed E-state index contributed by atoms with van der Waals surface area (Å²) in [6, 6.07) is 0. The van der Waals surface area contributed by atoms with Gasteiger partial charge in [-0.3, -0.25) is 4.79 Å². The van der Waals surface area contributed by atoms with Crippen molar-refractivity contribution in [2.24, 2.45) is 0 Å². The average Bonchev–Trinajstić information content (AvgIpc) is 3.27. The normalized spacial score (nSPS) is 20.4. The summed E-state index contributed by atoms with van der Waals surface area (Å²) < 4.78 is 25.9. The molecule has 6 nitrogen and oxygen atoms in total. The highest BCUT2D eigenvalue weighted by atomic mass is 32.2. The number of thiazole rings is 1. The van der Waals surface area contributed by atoms with Crippen LogP contribution in [0.4, 0.5) is 0 Å². The molecule has 22 heavy (non-hydrogen) atoms. The van der Waals surface area contributed by atoms with E-state index >= 15 is 0 Å². The molecule has 0 bridgehead atoms. The molecule has 2 aliphatic rings. The van der Waals surface area contributed by atoms with Gasteiger partial charge in [0.05, 0.1) is 22.4 Å². The number of amides is 1. The first-order chi connectivity index (χ1) is 10.4. The van der Waals surface area contributed by atoms with Crippen LogP contribution >= 0.6 is 11.3 Å². The van der Waals surface area contributed by atoms with Crippen molar-refractivity contribution in [1.29, 1.82) is 0 Å². The average molecular weight is 343 g/mol. The maximum atomic E-state index is 12.4. The lowest BCUT2D eigenvalue weighted by molar-refractivity contribution is -0.131. The number of rotatable bonds is 4. The Morgan fingerprint density at radius 3 is 2.36 bits per heavy atom. The Morgan fingerprint density at radius 2 is 1.86 bits per heavy atom. The Kier molecular flexibility index (Phi) is 4.26. The van der Waals surface area contributed by atoms with Gasteiger partial charge in [0.15, 0.2) is 0 Å². The molecule has 122 valence electrons. The predicted octanol–water partition coefficient (Wildman–Crippen LogP) is 0.939. The number of carbonyl (C=O) groups excluding carboxylic acids is 1. The van der Waals surface area contributed by atoms with Crippen molar-refractivity contribution in [2.45, 2.75) is 38.4 Å². The second-order valence-corrected chi connectivity index (χ2v) is 9.44. The standard InChI is InChI=1S/C14H21N3O3S2/c1-10-13(21-11(2)15-10)9-14(18)16-5-7-17(8-6-16)22(19,20)12-3-4-12/h12H,3-9H2,1-2H3. The lowest BCUT2D eigenvalue weighted by Gasteiger charge is -2.34. The molecular weight excluding hydrogens is 322 g/mol. The zero-order valence-electron chi connectivity index (χ0n) is 12.9. The van der Waals surface area contributed by atoms with Gasteiger partial charge in [-0.2, -0.15) is 4.31 Å². The number of piperazine rings is 1. The van der Waals surface area contributed by atoms with Crippen LogP contribution in [0.2, 0.25) is 0 Å². The van der Waals surface area contributed by atoms with E-state index in [2.05, 4.69) is 4.98 Å². The molecule has 0 atom stereocenters. The summed E-state index contributed by atoms with van der Waals surface area (Å²) in [5, 5.41) is 0.804. The fraction of sp³-hybridized carbons (Fsp3) is 0.714. The van der Waals surface area contributed by atoms with Gasteiger partial charge in [-0.25, -0.2) is 13.4 Å². The van der Waals surface area contributed by atoms with Crippen LogP contribution in [-0.2, 0) is 21.2 Å². The molecule has 0 aromatic carbocycles. The molecule has 1 aromatic rings. The monoisotopic (exact) mass is 343 g/mol. The lowest BCUT2D eigenvalue weighted by Crippen LogP contribution is -2.51. The minimum absolute atomic E-state index is 0.0650. The molecule has 8 heteroatoms. The quantitative estimate of drug-likeness (QED) is 0.816. The Morgan fingerprint density at radius 1 is 1.23 bits per heavy atom. The predicted molar refractivity (Wildman–Crippen MR) is 85.4 cm³/mol. The van der Waals surface area contributed by atoms with Crippen molar-refractivity contribution >= 4 is 27.3 Å². The van der Waals surface area contributed by atoms with Crippen molar-refractivity contribution in [3.63, 3.8) is 0 Å². The number of sulfonamides is 1. The van der Waals surface area contributed by atoms with Crippen molar-refractivity contribution in [1.82, 2.24) is 14.2 Å². The smallest absolute Gasteiger partial charge is 0.227 e. The van der Waals surface area contributed by atoms with Crippen LogP contribution in [0.1, 0.15) is 28.4 Å². The number of hydrogen-bond donors (Lipinski definition) is 0. The molecule has 0 spiro atoms. The molecule has 1 saturated carbocycles. The third-order valence-electron chi connectivity index (χ3n) is 4.21. The molecule has 1 amide bonds. The zero-order valence-corrected chi connectivity index (χ0v) is 14.5. The maximum Gasteiger partial charge on any atom is 0.227 e. The molecule has 1 saturated heterocycles. The summed E-state index contributed by atoms with van der Waals surface area (Å²) in [4.78, 5) is 19.5. The summed E-state index contributed by atoms with van der Waals surface area (Å²) in [5.74, 6) is 0.0650. The summed E-state index contributed by atoms with van der Waals surface area (Å²) in [6.07, 6.45) is 1.93. The molecule has 2 heterocycles. The van der Waals surface area contributed by atoms with Crippen LogP contribution in [-0.4, -0.2) is 59.9 Å². The van der Waals surface area contributed by atoms with Gasteiger partial charge in [-0.05, 0) is 26.7 Å². The molecule has 0 radical (unpaired) electrons. The fourth-order valence-electron chi connectivity index (χ4n) is 2.76. The minimum atomic E-state index is -3.11. The molecule has 3 rings (SSSR count). The van der Waals surface area contributed by atoms with Crippen LogP contribution in [0.3, 0.4) is 0 Å². The van der Waals surface area contributed by atoms with Crippen LogP contribution in [0, 0.1) is 13.8 Å². The molecule has 1 aliphatic heterocycles. The van der Waals surface area contributed by atoms with E-state index in [-0.39, 0.29) is 11.2 Å². The van der Waals surface area contributed by atoms with E-state index in [0.717, 1.165) is 28.4 Å². The van der Waals surface area contributed by atoms with Gasteiger partial charge in [-0.1, -0.05) is 0 Å². The Hall–Kier alpha value is -0.990. The number of carbonyl (C=O) groups is 1. The molecular formula is C14H21N3O3S2. The summed E-state index contributed by atoms with van der Waals surface area (Å²) >= 11 is 1.56. The largest absolute Gasteiger partial charge is 0.340 e. The van der Waals surface area contributed by atoms with E-state index in [0.29, 0.717) is 32.6 Å². The van der Waals surface area contributed by atoms with Crippen molar-refractivity contribution in [3.8, 4) is 0 Å². The third kappa shape index (κ3) is 3.18. The van der Waals surface area contributed by atoms with Gasteiger partial charge in [0.25, 0.3) is 0 Å². The van der Waals surface area contributed by atoms with Gasteiger partial charge in [-0.15, -0.1) is 11.3 Å². The summed E-state index contributed by atoms with van der Waals surface area (Å²) in [5.41, 5.74) is 0.922. The van der Waals surface area contributed by atoms with Gasteiger partial charge in [0.2, 0.25) is 15.9 Å². The third-order valence-corrected chi connectivity index (χ3v) is 7.68. The molecule has 0 N–H and O–H groups in total. The van der Waals surface area contributed by atoms with Crippen LogP contribution < -0.4 is 0 Å². The van der Waals surface area contributed by atoms with Gasteiger partial charge in [0.1, 0.15) is 0 Å². The highest BCUT2D eigenvalue weighted by Crippen LogP contribution is 2.31. The Balaban J connectivity index is 1.57. The summed E-state index contributed by atoms with van der Waals surface area (Å²) in [6.45, 7) is 5.68. The lowest BCUT2D eigenvalue weighted by atomic mass is 10.2. The maximum absolute atomic E-state index is 12.4. The molecule has 0 unspecified atom stereocenters. The van der Waals surface area contributed by atoms with Gasteiger partial charge < -0.3 is 4.90 Å². The number of nitrogens with zero attached hydrogens (tertiary/aromatic N) is 3. The molecule has 1 aliphatic carbocycles. The van der Waals surface area contributed by atoms with Crippen molar-refractivity contribution in [2.75, 3.05) is 26.2 Å². The Bertz CT molecular complexity index is 672. The number of aromatic nitrogens is 1. The minimum Gasteiger partial charge on any atom is -0.340 e. The first-order valence-corrected chi connectivity index (χ1v) is 9.89. The van der Waals surface area contributed by atoms with Crippen molar-refractivity contribution in [3.05, 3.63) is 15.6 Å². The van der Waals surface area contributed by atoms with E-state index < -0.39 is 10.0 Å². The van der Waals surface area contributed by atoms with E-state index in [4.69, 9.17) is 0 Å². The number of hydrogen-bond acceptors (Lipinski definition) is 5. The highest BCUT2D eigenvalue weighted by Gasteiger charge is 2.41. The fourth-order valence-corrected chi connectivity index (χ4v) is 5.51. The number of aryl methyl sites for hydroxylation is 2. The molecule has 2 fully saturated rings. The first kappa shape index (κ1) is 15.9. The van der Waals surface area contributed by atoms with Crippen LogP contribution in [0.15, 0.2) is 0 Å².